The van der Waals surface area contributed by atoms with Crippen molar-refractivity contribution in [2.75, 3.05) is 0 Å². The highest BCUT2D eigenvalue weighted by atomic mass is 32.1. The van der Waals surface area contributed by atoms with Crippen LogP contribution in [0, 0.1) is 0 Å². The molecule has 0 atom stereocenters. The number of thiazole rings is 1. The second-order valence-electron chi connectivity index (χ2n) is 4.88. The summed E-state index contributed by atoms with van der Waals surface area (Å²) in [6.45, 7) is 0. The zero-order valence-electron chi connectivity index (χ0n) is 10.7. The van der Waals surface area contributed by atoms with Crippen LogP contribution in [0.25, 0.3) is 37.2 Å². The summed E-state index contributed by atoms with van der Waals surface area (Å²) >= 11 is 1.58. The number of aromatic nitrogens is 2. The molecule has 4 nitrogen and oxygen atoms in total. The average Bonchev–Trinajstić information content (AvgIpc) is 3.03. The van der Waals surface area contributed by atoms with Gasteiger partial charge in [0.25, 0.3) is 0 Å². The minimum Gasteiger partial charge on any atom is -0.421 e. The summed E-state index contributed by atoms with van der Waals surface area (Å²) in [5.41, 5.74) is 2.44. The van der Waals surface area contributed by atoms with E-state index in [0.29, 0.717) is 16.6 Å². The van der Waals surface area contributed by atoms with Crippen molar-refractivity contribution in [2.24, 2.45) is 0 Å². The molecule has 0 spiro atoms. The summed E-state index contributed by atoms with van der Waals surface area (Å²) < 4.78 is 8.45. The molecule has 0 N–H and O–H groups in total. The van der Waals surface area contributed by atoms with Crippen LogP contribution in [0.1, 0.15) is 0 Å². The molecule has 0 radical (unpaired) electrons. The quantitative estimate of drug-likeness (QED) is 0.408. The third-order valence-corrected chi connectivity index (χ3v) is 4.71. The molecule has 3 heterocycles. The lowest BCUT2D eigenvalue weighted by atomic mass is 10.2. The van der Waals surface area contributed by atoms with E-state index < -0.39 is 0 Å². The van der Waals surface area contributed by atoms with Crippen LogP contribution >= 0.6 is 11.3 Å². The number of benzene rings is 2. The van der Waals surface area contributed by atoms with E-state index in [1.54, 1.807) is 17.4 Å². The summed E-state index contributed by atoms with van der Waals surface area (Å²) in [5, 5.41) is 0.868. The van der Waals surface area contributed by atoms with Crippen molar-refractivity contribution >= 4 is 48.5 Å². The van der Waals surface area contributed by atoms with Crippen LogP contribution in [0.5, 0.6) is 0 Å². The summed E-state index contributed by atoms with van der Waals surface area (Å²) in [7, 11) is 0. The van der Waals surface area contributed by atoms with E-state index in [0.717, 1.165) is 20.6 Å². The zero-order valence-corrected chi connectivity index (χ0v) is 11.6. The fraction of sp³-hybridized carbons (Fsp3) is 0. The first-order valence-electron chi connectivity index (χ1n) is 6.54. The van der Waals surface area contributed by atoms with Crippen LogP contribution in [0.3, 0.4) is 0 Å². The molecular formula is C16H8N2O2S. The van der Waals surface area contributed by atoms with Crippen molar-refractivity contribution in [3.63, 3.8) is 0 Å². The van der Waals surface area contributed by atoms with Crippen molar-refractivity contribution < 1.29 is 4.42 Å². The molecule has 5 heteroatoms. The maximum atomic E-state index is 12.4. The van der Waals surface area contributed by atoms with Gasteiger partial charge in [0.2, 0.25) is 0 Å². The molecular weight excluding hydrogens is 284 g/mol. The van der Waals surface area contributed by atoms with Crippen LogP contribution in [-0.4, -0.2) is 9.38 Å². The molecule has 0 amide bonds. The van der Waals surface area contributed by atoms with Gasteiger partial charge in [-0.2, -0.15) is 0 Å². The van der Waals surface area contributed by atoms with Crippen molar-refractivity contribution in [1.29, 1.82) is 0 Å². The number of rotatable bonds is 0. The maximum absolute atomic E-state index is 12.4. The van der Waals surface area contributed by atoms with E-state index >= 15 is 0 Å². The third kappa shape index (κ3) is 1.33. The minimum absolute atomic E-state index is 0.347. The van der Waals surface area contributed by atoms with Gasteiger partial charge in [0, 0.05) is 5.39 Å². The molecule has 3 aromatic heterocycles. The Morgan fingerprint density at radius 2 is 1.86 bits per heavy atom. The van der Waals surface area contributed by atoms with Crippen LogP contribution in [0.2, 0.25) is 0 Å². The van der Waals surface area contributed by atoms with Gasteiger partial charge >= 0.3 is 5.63 Å². The first-order chi connectivity index (χ1) is 10.3. The van der Waals surface area contributed by atoms with E-state index in [2.05, 4.69) is 4.98 Å². The lowest BCUT2D eigenvalue weighted by Crippen LogP contribution is -2.02. The molecule has 0 bridgehead atoms. The predicted molar refractivity (Wildman–Crippen MR) is 84.1 cm³/mol. The van der Waals surface area contributed by atoms with Crippen molar-refractivity contribution in [1.82, 2.24) is 9.38 Å². The van der Waals surface area contributed by atoms with Crippen LogP contribution in [0.15, 0.2) is 57.7 Å². The highest BCUT2D eigenvalue weighted by Gasteiger charge is 2.17. The highest BCUT2D eigenvalue weighted by molar-refractivity contribution is 7.23. The first kappa shape index (κ1) is 11.0. The molecule has 0 aliphatic heterocycles. The first-order valence-corrected chi connectivity index (χ1v) is 7.36. The lowest BCUT2D eigenvalue weighted by molar-refractivity contribution is 0.567. The minimum atomic E-state index is -0.347. The van der Waals surface area contributed by atoms with Crippen LogP contribution in [0.4, 0.5) is 0 Å². The SMILES string of the molecule is O=c1oc2ccccc2c2nc3sc4ccccc4n3c12. The van der Waals surface area contributed by atoms with E-state index in [1.807, 2.05) is 46.9 Å². The molecule has 2 aromatic carbocycles. The highest BCUT2D eigenvalue weighted by Crippen LogP contribution is 2.31. The maximum Gasteiger partial charge on any atom is 0.363 e. The fourth-order valence-corrected chi connectivity index (χ4v) is 3.82. The van der Waals surface area contributed by atoms with Crippen LogP contribution in [-0.2, 0) is 0 Å². The molecule has 21 heavy (non-hydrogen) atoms. The summed E-state index contributed by atoms with van der Waals surface area (Å²) in [4.78, 5) is 17.9. The van der Waals surface area contributed by atoms with E-state index in [4.69, 9.17) is 4.42 Å². The lowest BCUT2D eigenvalue weighted by Gasteiger charge is -1.97. The Labute approximate surface area is 121 Å². The van der Waals surface area contributed by atoms with Gasteiger partial charge in [-0.1, -0.05) is 35.6 Å². The number of nitrogens with zero attached hydrogens (tertiary/aromatic N) is 2. The van der Waals surface area contributed by atoms with Gasteiger partial charge in [-0.15, -0.1) is 0 Å². The van der Waals surface area contributed by atoms with Crippen molar-refractivity contribution in [2.45, 2.75) is 0 Å². The Kier molecular flexibility index (Phi) is 1.95. The predicted octanol–water partition coefficient (Wildman–Crippen LogP) is 3.81. The molecule has 5 aromatic rings. The number of imidazole rings is 1. The Balaban J connectivity index is 2.16. The Hall–Kier alpha value is -2.66. The molecule has 0 fully saturated rings. The van der Waals surface area contributed by atoms with Crippen molar-refractivity contribution in [3.05, 3.63) is 59.0 Å². The van der Waals surface area contributed by atoms with Gasteiger partial charge in [0.1, 0.15) is 11.1 Å². The zero-order chi connectivity index (χ0) is 14.0. The topological polar surface area (TPSA) is 47.5 Å². The monoisotopic (exact) mass is 292 g/mol. The number of hydrogen-bond donors (Lipinski definition) is 0. The molecule has 0 aliphatic carbocycles. The summed E-state index contributed by atoms with van der Waals surface area (Å²) in [6.07, 6.45) is 0. The molecule has 0 aliphatic rings. The third-order valence-electron chi connectivity index (χ3n) is 3.69. The average molecular weight is 292 g/mol. The number of fused-ring (bicyclic) bond motifs is 7. The Morgan fingerprint density at radius 3 is 2.81 bits per heavy atom. The summed E-state index contributed by atoms with van der Waals surface area (Å²) in [5.74, 6) is 0. The largest absolute Gasteiger partial charge is 0.421 e. The second kappa shape index (κ2) is 3.71. The van der Waals surface area contributed by atoms with Gasteiger partial charge < -0.3 is 4.42 Å². The number of para-hydroxylation sites is 2. The normalized spacial score (nSPS) is 12.0. The molecule has 0 unspecified atom stereocenters. The van der Waals surface area contributed by atoms with Gasteiger partial charge in [0.05, 0.1) is 10.2 Å². The molecule has 100 valence electrons. The van der Waals surface area contributed by atoms with Crippen LogP contribution < -0.4 is 5.63 Å². The Morgan fingerprint density at radius 1 is 1.05 bits per heavy atom. The van der Waals surface area contributed by atoms with Gasteiger partial charge in [-0.25, -0.2) is 9.78 Å². The van der Waals surface area contributed by atoms with Crippen molar-refractivity contribution in [3.8, 4) is 0 Å². The van der Waals surface area contributed by atoms with E-state index in [-0.39, 0.29) is 5.63 Å². The Bertz CT molecular complexity index is 1210. The van der Waals surface area contributed by atoms with Gasteiger partial charge in [-0.3, -0.25) is 4.40 Å². The molecule has 5 rings (SSSR count). The van der Waals surface area contributed by atoms with Gasteiger partial charge in [-0.05, 0) is 24.3 Å². The standard InChI is InChI=1S/C16H8N2O2S/c19-15-14-13(9-5-1-3-7-11(9)20-15)17-16-18(14)10-6-2-4-8-12(10)21-16/h1-8H. The van der Waals surface area contributed by atoms with E-state index in [1.165, 1.54) is 0 Å². The van der Waals surface area contributed by atoms with Gasteiger partial charge in [0.15, 0.2) is 10.5 Å². The molecule has 0 saturated heterocycles. The second-order valence-corrected chi connectivity index (χ2v) is 5.89. The number of hydrogen-bond acceptors (Lipinski definition) is 4. The van der Waals surface area contributed by atoms with E-state index in [9.17, 15) is 4.79 Å². The summed E-state index contributed by atoms with van der Waals surface area (Å²) in [6, 6.07) is 15.5. The fourth-order valence-electron chi connectivity index (χ4n) is 2.79. The molecule has 0 saturated carbocycles. The smallest absolute Gasteiger partial charge is 0.363 e.